The molecule has 134 valence electrons. The number of halogens is 1. The molecule has 0 saturated carbocycles. The quantitative estimate of drug-likeness (QED) is 0.726. The summed E-state index contributed by atoms with van der Waals surface area (Å²) in [6.45, 7) is 4.31. The molecular formula is C19H20FN5O. The molecule has 3 heterocycles. The molecule has 1 amide bonds. The second-order valence-corrected chi connectivity index (χ2v) is 6.32. The van der Waals surface area contributed by atoms with Gasteiger partial charge in [0, 0.05) is 37.9 Å². The number of aryl methyl sites for hydroxylation is 1. The topological polar surface area (TPSA) is 53.7 Å². The van der Waals surface area contributed by atoms with Crippen LogP contribution in [0.15, 0.2) is 42.6 Å². The third-order valence-corrected chi connectivity index (χ3v) is 4.77. The van der Waals surface area contributed by atoms with Gasteiger partial charge in [0.2, 0.25) is 0 Å². The minimum absolute atomic E-state index is 0.0865. The van der Waals surface area contributed by atoms with Crippen LogP contribution in [0, 0.1) is 5.82 Å². The third-order valence-electron chi connectivity index (χ3n) is 4.77. The fourth-order valence-corrected chi connectivity index (χ4v) is 3.36. The van der Waals surface area contributed by atoms with Crippen molar-refractivity contribution in [3.63, 3.8) is 0 Å². The monoisotopic (exact) mass is 353 g/mol. The Morgan fingerprint density at radius 3 is 2.65 bits per heavy atom. The van der Waals surface area contributed by atoms with Crippen molar-refractivity contribution in [1.82, 2.24) is 19.5 Å². The summed E-state index contributed by atoms with van der Waals surface area (Å²) in [4.78, 5) is 21.1. The largest absolute Gasteiger partial charge is 0.366 e. The number of hydrogen-bond acceptors (Lipinski definition) is 4. The van der Waals surface area contributed by atoms with Crippen LogP contribution in [0.2, 0.25) is 0 Å². The van der Waals surface area contributed by atoms with E-state index in [9.17, 15) is 9.18 Å². The second kappa shape index (κ2) is 6.74. The van der Waals surface area contributed by atoms with E-state index < -0.39 is 0 Å². The zero-order chi connectivity index (χ0) is 18.1. The molecule has 0 unspecified atom stereocenters. The van der Waals surface area contributed by atoms with Gasteiger partial charge in [0.05, 0.1) is 11.9 Å². The van der Waals surface area contributed by atoms with Gasteiger partial charge in [-0.25, -0.2) is 13.9 Å². The lowest BCUT2D eigenvalue weighted by Gasteiger charge is -2.36. The molecule has 0 aliphatic carbocycles. The van der Waals surface area contributed by atoms with Crippen molar-refractivity contribution in [1.29, 1.82) is 0 Å². The Hall–Kier alpha value is -2.96. The normalized spacial score (nSPS) is 14.8. The summed E-state index contributed by atoms with van der Waals surface area (Å²) in [6, 6.07) is 10.4. The lowest BCUT2D eigenvalue weighted by Crippen LogP contribution is -2.49. The highest BCUT2D eigenvalue weighted by Gasteiger charge is 2.25. The summed E-state index contributed by atoms with van der Waals surface area (Å²) >= 11 is 0. The lowest BCUT2D eigenvalue weighted by molar-refractivity contribution is 0.0740. The van der Waals surface area contributed by atoms with E-state index in [0.29, 0.717) is 43.2 Å². The van der Waals surface area contributed by atoms with Crippen molar-refractivity contribution in [2.45, 2.75) is 13.3 Å². The first-order chi connectivity index (χ1) is 12.7. The number of para-hydroxylation sites is 1. The van der Waals surface area contributed by atoms with Gasteiger partial charge in [0.1, 0.15) is 11.5 Å². The molecule has 0 atom stereocenters. The number of rotatable bonds is 3. The molecule has 1 aromatic carbocycles. The van der Waals surface area contributed by atoms with Crippen molar-refractivity contribution in [3.8, 4) is 0 Å². The Morgan fingerprint density at radius 1 is 1.15 bits per heavy atom. The van der Waals surface area contributed by atoms with Crippen LogP contribution in [0.3, 0.4) is 0 Å². The Bertz CT molecular complexity index is 946. The minimum Gasteiger partial charge on any atom is -0.366 e. The maximum atomic E-state index is 14.0. The van der Waals surface area contributed by atoms with Crippen molar-refractivity contribution >= 4 is 17.2 Å². The maximum absolute atomic E-state index is 14.0. The molecule has 1 fully saturated rings. The molecule has 7 heteroatoms. The van der Waals surface area contributed by atoms with Crippen molar-refractivity contribution in [3.05, 3.63) is 59.8 Å². The summed E-state index contributed by atoms with van der Waals surface area (Å²) in [5.41, 5.74) is 2.66. The van der Waals surface area contributed by atoms with Gasteiger partial charge in [-0.3, -0.25) is 4.79 Å². The molecule has 0 radical (unpaired) electrons. The van der Waals surface area contributed by atoms with Crippen molar-refractivity contribution < 1.29 is 9.18 Å². The predicted octanol–water partition coefficient (Wildman–Crippen LogP) is 2.39. The van der Waals surface area contributed by atoms with Crippen LogP contribution in [0.25, 0.3) is 5.65 Å². The Balaban J connectivity index is 1.51. The molecule has 6 nitrogen and oxygen atoms in total. The summed E-state index contributed by atoms with van der Waals surface area (Å²) in [5, 5.41) is 4.24. The highest BCUT2D eigenvalue weighted by molar-refractivity contribution is 5.93. The number of hydrogen-bond donors (Lipinski definition) is 0. The molecule has 26 heavy (non-hydrogen) atoms. The number of fused-ring (bicyclic) bond motifs is 1. The van der Waals surface area contributed by atoms with Crippen LogP contribution in [-0.4, -0.2) is 51.6 Å². The number of nitrogens with zero attached hydrogens (tertiary/aromatic N) is 5. The van der Waals surface area contributed by atoms with E-state index in [2.05, 4.69) is 10.1 Å². The second-order valence-electron chi connectivity index (χ2n) is 6.32. The van der Waals surface area contributed by atoms with Crippen molar-refractivity contribution in [2.75, 3.05) is 31.1 Å². The van der Waals surface area contributed by atoms with Gasteiger partial charge in [0.25, 0.3) is 5.91 Å². The van der Waals surface area contributed by atoms with E-state index in [-0.39, 0.29) is 11.7 Å². The highest BCUT2D eigenvalue weighted by Crippen LogP contribution is 2.21. The molecule has 0 bridgehead atoms. The Morgan fingerprint density at radius 2 is 1.92 bits per heavy atom. The first kappa shape index (κ1) is 16.5. The van der Waals surface area contributed by atoms with Gasteiger partial charge in [-0.15, -0.1) is 0 Å². The average Bonchev–Trinajstić information content (AvgIpc) is 3.16. The fourth-order valence-electron chi connectivity index (χ4n) is 3.36. The number of carbonyl (C=O) groups excluding carboxylic acids is 1. The number of amides is 1. The van der Waals surface area contributed by atoms with Gasteiger partial charge in [-0.1, -0.05) is 19.1 Å². The number of carbonyl (C=O) groups is 1. The summed E-state index contributed by atoms with van der Waals surface area (Å²) < 4.78 is 15.7. The first-order valence-corrected chi connectivity index (χ1v) is 8.80. The smallest absolute Gasteiger partial charge is 0.272 e. The van der Waals surface area contributed by atoms with Crippen molar-refractivity contribution in [2.24, 2.45) is 0 Å². The fraction of sp³-hybridized carbons (Fsp3) is 0.316. The van der Waals surface area contributed by atoms with E-state index in [1.54, 1.807) is 33.8 Å². The molecule has 3 aromatic rings. The van der Waals surface area contributed by atoms with Crippen LogP contribution in [-0.2, 0) is 6.42 Å². The summed E-state index contributed by atoms with van der Waals surface area (Å²) in [7, 11) is 0. The zero-order valence-electron chi connectivity index (χ0n) is 14.6. The summed E-state index contributed by atoms with van der Waals surface area (Å²) in [6.07, 6.45) is 2.45. The third kappa shape index (κ3) is 2.89. The predicted molar refractivity (Wildman–Crippen MR) is 96.9 cm³/mol. The summed E-state index contributed by atoms with van der Waals surface area (Å²) in [5.74, 6) is -0.315. The molecule has 1 aliphatic heterocycles. The molecule has 1 saturated heterocycles. The van der Waals surface area contributed by atoms with E-state index in [1.807, 2.05) is 24.0 Å². The Labute approximate surface area is 150 Å². The number of anilines is 1. The van der Waals surface area contributed by atoms with Gasteiger partial charge in [-0.2, -0.15) is 5.10 Å². The molecule has 1 aliphatic rings. The number of aromatic nitrogens is 3. The Kier molecular flexibility index (Phi) is 4.28. The number of piperazine rings is 1. The SMILES string of the molecule is CCc1cc(C(=O)N2CCN(c3ccccc3F)CC2)nc2ccnn12. The first-order valence-electron chi connectivity index (χ1n) is 8.80. The average molecular weight is 353 g/mol. The van der Waals surface area contributed by atoms with E-state index >= 15 is 0 Å². The van der Waals surface area contributed by atoms with E-state index in [0.717, 1.165) is 12.1 Å². The zero-order valence-corrected chi connectivity index (χ0v) is 14.6. The van der Waals surface area contributed by atoms with Crippen LogP contribution >= 0.6 is 0 Å². The van der Waals surface area contributed by atoms with E-state index in [1.165, 1.54) is 6.07 Å². The van der Waals surface area contributed by atoms with Gasteiger partial charge >= 0.3 is 0 Å². The molecule has 0 N–H and O–H groups in total. The molecular weight excluding hydrogens is 333 g/mol. The van der Waals surface area contributed by atoms with E-state index in [4.69, 9.17) is 0 Å². The molecule has 0 spiro atoms. The lowest BCUT2D eigenvalue weighted by atomic mass is 10.2. The molecule has 2 aromatic heterocycles. The standard InChI is InChI=1S/C19H20FN5O/c1-2-14-13-16(22-18-7-8-21-25(14)18)19(26)24-11-9-23(10-12-24)17-6-4-3-5-15(17)20/h3-8,13H,2,9-12H2,1H3. The van der Waals surface area contributed by atoms with Crippen LogP contribution in [0.4, 0.5) is 10.1 Å². The maximum Gasteiger partial charge on any atom is 0.272 e. The van der Waals surface area contributed by atoms with Crippen LogP contribution < -0.4 is 4.90 Å². The minimum atomic E-state index is -0.229. The van der Waals surface area contributed by atoms with Gasteiger partial charge in [-0.05, 0) is 24.6 Å². The van der Waals surface area contributed by atoms with Gasteiger partial charge < -0.3 is 9.80 Å². The van der Waals surface area contributed by atoms with Gasteiger partial charge in [0.15, 0.2) is 5.65 Å². The van der Waals surface area contributed by atoms with Crippen LogP contribution in [0.5, 0.6) is 0 Å². The number of benzene rings is 1. The molecule has 4 rings (SSSR count). The van der Waals surface area contributed by atoms with Crippen LogP contribution in [0.1, 0.15) is 23.1 Å². The highest BCUT2D eigenvalue weighted by atomic mass is 19.1.